The number of carbonyl (C=O) groups excluding carboxylic acids is 3. The molecule has 2 aliphatic heterocycles. The van der Waals surface area contributed by atoms with Gasteiger partial charge in [0.25, 0.3) is 0 Å². The predicted octanol–water partition coefficient (Wildman–Crippen LogP) is 2.56. The number of benzene rings is 3. The monoisotopic (exact) mass is 591 g/mol. The topological polar surface area (TPSA) is 114 Å². The van der Waals surface area contributed by atoms with Crippen LogP contribution in [-0.4, -0.2) is 84.9 Å². The first-order valence-electron chi connectivity index (χ1n) is 14.4. The van der Waals surface area contributed by atoms with Crippen molar-refractivity contribution >= 4 is 28.7 Å². The van der Waals surface area contributed by atoms with Crippen molar-refractivity contribution in [3.63, 3.8) is 0 Å². The maximum absolute atomic E-state index is 14.1. The minimum Gasteiger partial charge on any atom is -0.508 e. The summed E-state index contributed by atoms with van der Waals surface area (Å²) >= 11 is 0. The summed E-state index contributed by atoms with van der Waals surface area (Å²) in [6.45, 7) is 1.13. The van der Waals surface area contributed by atoms with E-state index in [0.29, 0.717) is 19.6 Å². The molecule has 44 heavy (non-hydrogen) atoms. The molecule has 0 unspecified atom stereocenters. The highest BCUT2D eigenvalue weighted by Crippen LogP contribution is 2.31. The van der Waals surface area contributed by atoms with Gasteiger partial charge in [0, 0.05) is 31.9 Å². The number of hydrogen-bond acceptors (Lipinski definition) is 6. The number of rotatable bonds is 8. The van der Waals surface area contributed by atoms with E-state index in [9.17, 15) is 19.5 Å². The molecule has 2 N–H and O–H groups in total. The summed E-state index contributed by atoms with van der Waals surface area (Å²) in [5, 5.41) is 21.2. The van der Waals surface area contributed by atoms with E-state index in [2.05, 4.69) is 16.3 Å². The number of urea groups is 1. The van der Waals surface area contributed by atoms with Gasteiger partial charge < -0.3 is 20.2 Å². The first-order chi connectivity index (χ1) is 21.3. The Bertz CT molecular complexity index is 1730. The van der Waals surface area contributed by atoms with Crippen molar-refractivity contribution in [2.24, 2.45) is 0 Å². The van der Waals surface area contributed by atoms with Crippen LogP contribution in [0.4, 0.5) is 4.79 Å². The number of phenols is 1. The first kappa shape index (κ1) is 28.8. The second kappa shape index (κ2) is 12.1. The molecule has 11 nitrogen and oxygen atoms in total. The van der Waals surface area contributed by atoms with E-state index >= 15 is 0 Å². The molecule has 3 heterocycles. The van der Waals surface area contributed by atoms with Gasteiger partial charge in [-0.3, -0.25) is 19.3 Å². The van der Waals surface area contributed by atoms with Crippen LogP contribution in [0.5, 0.6) is 5.75 Å². The van der Waals surface area contributed by atoms with E-state index in [1.165, 1.54) is 5.01 Å². The Balaban J connectivity index is 1.29. The highest BCUT2D eigenvalue weighted by Gasteiger charge is 2.51. The lowest BCUT2D eigenvalue weighted by molar-refractivity contribution is -0.157. The molecule has 0 radical (unpaired) electrons. The van der Waals surface area contributed by atoms with E-state index in [-0.39, 0.29) is 43.1 Å². The molecule has 2 aliphatic rings. The maximum Gasteiger partial charge on any atom is 0.332 e. The van der Waals surface area contributed by atoms with E-state index in [1.54, 1.807) is 57.0 Å². The second-order valence-corrected chi connectivity index (χ2v) is 11.0. The van der Waals surface area contributed by atoms with Gasteiger partial charge in [-0.05, 0) is 34.9 Å². The molecule has 4 amide bonds. The lowest BCUT2D eigenvalue weighted by atomic mass is 9.99. The number of hydrogen-bond donors (Lipinski definition) is 2. The highest BCUT2D eigenvalue weighted by atomic mass is 16.3. The fraction of sp³-hybridized carbons (Fsp3) is 0.273. The molecule has 2 atom stereocenters. The van der Waals surface area contributed by atoms with Crippen LogP contribution in [-0.2, 0) is 35.6 Å². The number of nitrogens with zero attached hydrogens (tertiary/aromatic N) is 6. The Hall–Kier alpha value is -5.34. The number of terminal acetylenes is 1. The number of aromatic hydroxyl groups is 1. The van der Waals surface area contributed by atoms with E-state index in [0.717, 1.165) is 27.6 Å². The number of fused-ring (bicyclic) bond motifs is 2. The lowest BCUT2D eigenvalue weighted by Gasteiger charge is -2.45. The third-order valence-electron chi connectivity index (χ3n) is 8.28. The summed E-state index contributed by atoms with van der Waals surface area (Å²) in [4.78, 5) is 44.2. The molecular formula is C33H33N7O4. The summed E-state index contributed by atoms with van der Waals surface area (Å²) < 4.78 is 1.74. The van der Waals surface area contributed by atoms with Crippen LogP contribution in [0.25, 0.3) is 10.9 Å². The predicted molar refractivity (Wildman–Crippen MR) is 163 cm³/mol. The Morgan fingerprint density at radius 1 is 1.07 bits per heavy atom. The van der Waals surface area contributed by atoms with Crippen LogP contribution >= 0.6 is 0 Å². The SMILES string of the molecule is C#CCn1ncc2c(CN3C[C@H]4N(C(=O)CN4N(C)C(=O)NCc4ccccc4)[C@@H](Cc4ccc(O)cc4)C3=O)cccc21. The number of carbonyl (C=O) groups is 3. The number of phenolic OH excluding ortho intramolecular Hbond substituents is 1. The molecule has 4 aromatic rings. The zero-order chi connectivity index (χ0) is 30.8. The minimum atomic E-state index is -0.792. The Morgan fingerprint density at radius 3 is 2.59 bits per heavy atom. The third kappa shape index (κ3) is 5.55. The van der Waals surface area contributed by atoms with Crippen molar-refractivity contribution < 1.29 is 19.5 Å². The second-order valence-electron chi connectivity index (χ2n) is 11.0. The highest BCUT2D eigenvalue weighted by molar-refractivity contribution is 5.92. The van der Waals surface area contributed by atoms with Crippen LogP contribution in [0.3, 0.4) is 0 Å². The molecule has 2 saturated heterocycles. The van der Waals surface area contributed by atoms with Crippen molar-refractivity contribution in [3.05, 3.63) is 95.7 Å². The molecule has 6 rings (SSSR count). The molecule has 224 valence electrons. The van der Waals surface area contributed by atoms with Gasteiger partial charge in [0.1, 0.15) is 24.5 Å². The average molecular weight is 592 g/mol. The number of nitrogens with one attached hydrogen (secondary N) is 1. The van der Waals surface area contributed by atoms with Crippen molar-refractivity contribution in [1.29, 1.82) is 0 Å². The van der Waals surface area contributed by atoms with Crippen LogP contribution < -0.4 is 5.32 Å². The van der Waals surface area contributed by atoms with Crippen molar-refractivity contribution in [3.8, 4) is 18.1 Å². The molecule has 0 aliphatic carbocycles. The van der Waals surface area contributed by atoms with E-state index < -0.39 is 12.2 Å². The van der Waals surface area contributed by atoms with Crippen molar-refractivity contribution in [1.82, 2.24) is 34.9 Å². The van der Waals surface area contributed by atoms with E-state index in [1.807, 2.05) is 48.5 Å². The number of piperazine rings is 1. The normalized spacial score (nSPS) is 18.4. The van der Waals surface area contributed by atoms with Crippen molar-refractivity contribution in [2.75, 3.05) is 20.1 Å². The standard InChI is InChI=1S/C33H33N7O4/c1-3-16-38-28-11-7-10-25(27(28)19-35-38)20-37-21-30-39(36(2)33(44)34-18-24-8-5-4-6-9-24)22-31(42)40(30)29(32(37)43)17-23-12-14-26(41)15-13-23/h1,4-15,19,29-30,41H,16-18,20-22H2,2H3,(H,34,44)/t29-,30+/m0/s1. The molecular weight excluding hydrogens is 558 g/mol. The summed E-state index contributed by atoms with van der Waals surface area (Å²) in [5.41, 5.74) is 3.54. The van der Waals surface area contributed by atoms with Crippen molar-refractivity contribution in [2.45, 2.75) is 38.3 Å². The van der Waals surface area contributed by atoms with Crippen LogP contribution in [0.15, 0.2) is 79.0 Å². The van der Waals surface area contributed by atoms with Crippen LogP contribution in [0, 0.1) is 12.3 Å². The van der Waals surface area contributed by atoms with Gasteiger partial charge >= 0.3 is 6.03 Å². The van der Waals surface area contributed by atoms with Gasteiger partial charge in [-0.25, -0.2) is 4.79 Å². The molecule has 3 aromatic carbocycles. The molecule has 1 aromatic heterocycles. The summed E-state index contributed by atoms with van der Waals surface area (Å²) in [6, 6.07) is 20.9. The summed E-state index contributed by atoms with van der Waals surface area (Å²) in [6.07, 6.45) is 6.99. The largest absolute Gasteiger partial charge is 0.508 e. The Labute approximate surface area is 255 Å². The minimum absolute atomic E-state index is 0.0401. The Kier molecular flexibility index (Phi) is 7.91. The number of hydrazine groups is 1. The maximum atomic E-state index is 14.1. The number of amides is 4. The fourth-order valence-corrected chi connectivity index (χ4v) is 6.03. The van der Waals surface area contributed by atoms with E-state index in [4.69, 9.17) is 6.42 Å². The molecule has 0 spiro atoms. The summed E-state index contributed by atoms with van der Waals surface area (Å²) in [5.74, 6) is 2.32. The smallest absolute Gasteiger partial charge is 0.332 e. The Morgan fingerprint density at radius 2 is 1.84 bits per heavy atom. The average Bonchev–Trinajstić information content (AvgIpc) is 3.60. The van der Waals surface area contributed by atoms with Crippen LogP contribution in [0.1, 0.15) is 16.7 Å². The van der Waals surface area contributed by atoms with Gasteiger partial charge in [-0.2, -0.15) is 10.1 Å². The van der Waals surface area contributed by atoms with Gasteiger partial charge in [-0.15, -0.1) is 6.42 Å². The lowest BCUT2D eigenvalue weighted by Crippen LogP contribution is -2.65. The van der Waals surface area contributed by atoms with Gasteiger partial charge in [0.2, 0.25) is 11.8 Å². The third-order valence-corrected chi connectivity index (χ3v) is 8.28. The molecule has 2 fully saturated rings. The van der Waals surface area contributed by atoms with Gasteiger partial charge in [0.15, 0.2) is 0 Å². The molecule has 0 saturated carbocycles. The van der Waals surface area contributed by atoms with Crippen LogP contribution in [0.2, 0.25) is 0 Å². The molecule has 0 bridgehead atoms. The first-order valence-corrected chi connectivity index (χ1v) is 14.4. The number of aromatic nitrogens is 2. The zero-order valence-electron chi connectivity index (χ0n) is 24.3. The van der Waals surface area contributed by atoms with Gasteiger partial charge in [-0.1, -0.05) is 60.5 Å². The summed E-state index contributed by atoms with van der Waals surface area (Å²) in [7, 11) is 1.63. The molecule has 11 heteroatoms. The van der Waals surface area contributed by atoms with Gasteiger partial charge in [0.05, 0.1) is 24.8 Å². The quantitative estimate of drug-likeness (QED) is 0.305. The zero-order valence-corrected chi connectivity index (χ0v) is 24.3. The fourth-order valence-electron chi connectivity index (χ4n) is 6.03.